The minimum Gasteiger partial charge on any atom is -0.489 e. The molecule has 0 spiro atoms. The molecule has 3 rings (SSSR count). The molecule has 1 N–H and O–H groups in total. The molecule has 0 bridgehead atoms. The highest BCUT2D eigenvalue weighted by molar-refractivity contribution is 6.32. The Morgan fingerprint density at radius 1 is 1.25 bits per heavy atom. The number of halogens is 2. The zero-order chi connectivity index (χ0) is 17.1. The first-order chi connectivity index (χ1) is 11.5. The monoisotopic (exact) mass is 349 g/mol. The summed E-state index contributed by atoms with van der Waals surface area (Å²) in [4.78, 5) is 12.2. The maximum absolute atomic E-state index is 13.7. The molecule has 0 radical (unpaired) electrons. The summed E-state index contributed by atoms with van der Waals surface area (Å²) in [6.45, 7) is 2.91. The predicted molar refractivity (Wildman–Crippen MR) is 90.5 cm³/mol. The third-order valence-electron chi connectivity index (χ3n) is 3.62. The van der Waals surface area contributed by atoms with Crippen LogP contribution in [0.1, 0.15) is 17.5 Å². The summed E-state index contributed by atoms with van der Waals surface area (Å²) in [5.74, 6) is 0.239. The molecular weight excluding hydrogens is 333 g/mol. The van der Waals surface area contributed by atoms with E-state index in [0.717, 1.165) is 12.0 Å². The van der Waals surface area contributed by atoms with Crippen LogP contribution in [-0.4, -0.2) is 19.1 Å². The molecule has 2 aromatic carbocycles. The molecule has 24 heavy (non-hydrogen) atoms. The Morgan fingerprint density at radius 2 is 2.04 bits per heavy atom. The van der Waals surface area contributed by atoms with Crippen molar-refractivity contribution in [2.75, 3.05) is 18.5 Å². The molecule has 0 unspecified atom stereocenters. The number of anilines is 1. The summed E-state index contributed by atoms with van der Waals surface area (Å²) in [6.07, 6.45) is 0.831. The second kappa shape index (κ2) is 7.09. The van der Waals surface area contributed by atoms with Gasteiger partial charge in [-0.3, -0.25) is 4.79 Å². The van der Waals surface area contributed by atoms with E-state index in [1.165, 1.54) is 6.07 Å². The van der Waals surface area contributed by atoms with Gasteiger partial charge in [0.1, 0.15) is 5.82 Å². The zero-order valence-corrected chi connectivity index (χ0v) is 14.0. The molecule has 126 valence electrons. The number of benzene rings is 2. The molecule has 6 heteroatoms. The summed E-state index contributed by atoms with van der Waals surface area (Å²) >= 11 is 6.21. The first-order valence-electron chi connectivity index (χ1n) is 7.67. The maximum atomic E-state index is 13.7. The van der Waals surface area contributed by atoms with Crippen molar-refractivity contribution in [3.63, 3.8) is 0 Å². The standard InChI is InChI=1S/C18H17ClFNO3/c1-11-3-4-14(20)15(7-11)21-17(22)10-12-8-13(19)18-16(9-12)23-5-2-6-24-18/h3-4,7-9H,2,5-6,10H2,1H3,(H,21,22). The van der Waals surface area contributed by atoms with E-state index in [1.54, 1.807) is 24.3 Å². The molecule has 0 saturated carbocycles. The van der Waals surface area contributed by atoms with Crippen LogP contribution >= 0.6 is 11.6 Å². The summed E-state index contributed by atoms with van der Waals surface area (Å²) in [5, 5.41) is 2.98. The lowest BCUT2D eigenvalue weighted by atomic mass is 10.1. The highest BCUT2D eigenvalue weighted by Crippen LogP contribution is 2.38. The third kappa shape index (κ3) is 3.79. The Kier molecular flexibility index (Phi) is 4.90. The number of ether oxygens (including phenoxy) is 2. The van der Waals surface area contributed by atoms with Crippen molar-refractivity contribution >= 4 is 23.2 Å². The fourth-order valence-corrected chi connectivity index (χ4v) is 2.79. The fourth-order valence-electron chi connectivity index (χ4n) is 2.50. The zero-order valence-electron chi connectivity index (χ0n) is 13.2. The number of aryl methyl sites for hydroxylation is 1. The van der Waals surface area contributed by atoms with Gasteiger partial charge in [0.2, 0.25) is 5.91 Å². The van der Waals surface area contributed by atoms with Crippen LogP contribution in [0.4, 0.5) is 10.1 Å². The Labute approximate surface area is 144 Å². The molecule has 0 atom stereocenters. The number of nitrogens with one attached hydrogen (secondary N) is 1. The van der Waals surface area contributed by atoms with Crippen LogP contribution in [0.2, 0.25) is 5.02 Å². The van der Waals surface area contributed by atoms with E-state index in [1.807, 2.05) is 6.92 Å². The average Bonchev–Trinajstić information content (AvgIpc) is 2.76. The van der Waals surface area contributed by atoms with Gasteiger partial charge >= 0.3 is 0 Å². The smallest absolute Gasteiger partial charge is 0.228 e. The van der Waals surface area contributed by atoms with Gasteiger partial charge in [-0.15, -0.1) is 0 Å². The van der Waals surface area contributed by atoms with Crippen molar-refractivity contribution in [3.05, 3.63) is 52.3 Å². The van der Waals surface area contributed by atoms with E-state index in [4.69, 9.17) is 21.1 Å². The largest absolute Gasteiger partial charge is 0.489 e. The molecular formula is C18H17ClFNO3. The van der Waals surface area contributed by atoms with Crippen molar-refractivity contribution in [3.8, 4) is 11.5 Å². The van der Waals surface area contributed by atoms with E-state index in [-0.39, 0.29) is 18.0 Å². The van der Waals surface area contributed by atoms with Crippen LogP contribution in [-0.2, 0) is 11.2 Å². The van der Waals surface area contributed by atoms with Gasteiger partial charge in [-0.1, -0.05) is 17.7 Å². The van der Waals surface area contributed by atoms with E-state index < -0.39 is 5.82 Å². The minimum atomic E-state index is -0.467. The van der Waals surface area contributed by atoms with Crippen molar-refractivity contribution < 1.29 is 18.7 Å². The highest BCUT2D eigenvalue weighted by Gasteiger charge is 2.17. The number of hydrogen-bond acceptors (Lipinski definition) is 3. The van der Waals surface area contributed by atoms with Crippen LogP contribution in [0.3, 0.4) is 0 Å². The van der Waals surface area contributed by atoms with Crippen molar-refractivity contribution in [2.24, 2.45) is 0 Å². The van der Waals surface area contributed by atoms with Gasteiger partial charge in [0.25, 0.3) is 0 Å². The molecule has 4 nitrogen and oxygen atoms in total. The lowest BCUT2D eigenvalue weighted by Gasteiger charge is -2.12. The first kappa shape index (κ1) is 16.6. The predicted octanol–water partition coefficient (Wildman–Crippen LogP) is 4.13. The van der Waals surface area contributed by atoms with Gasteiger partial charge in [-0.05, 0) is 42.3 Å². The van der Waals surface area contributed by atoms with Gasteiger partial charge < -0.3 is 14.8 Å². The van der Waals surface area contributed by atoms with Crippen LogP contribution in [0, 0.1) is 12.7 Å². The van der Waals surface area contributed by atoms with Crippen molar-refractivity contribution in [1.29, 1.82) is 0 Å². The average molecular weight is 350 g/mol. The van der Waals surface area contributed by atoms with E-state index in [9.17, 15) is 9.18 Å². The van der Waals surface area contributed by atoms with E-state index >= 15 is 0 Å². The second-order valence-electron chi connectivity index (χ2n) is 5.66. The number of amides is 1. The van der Waals surface area contributed by atoms with Gasteiger partial charge in [0.05, 0.1) is 30.3 Å². The summed E-state index contributed by atoms with van der Waals surface area (Å²) < 4.78 is 24.9. The molecule has 0 saturated heterocycles. The van der Waals surface area contributed by atoms with E-state index in [0.29, 0.717) is 35.3 Å². The number of hydrogen-bond donors (Lipinski definition) is 1. The summed E-state index contributed by atoms with van der Waals surface area (Å²) in [7, 11) is 0. The molecule has 1 aliphatic rings. The lowest BCUT2D eigenvalue weighted by molar-refractivity contribution is -0.115. The molecule has 0 fully saturated rings. The van der Waals surface area contributed by atoms with Gasteiger partial charge in [0, 0.05) is 6.42 Å². The summed E-state index contributed by atoms with van der Waals surface area (Å²) in [6, 6.07) is 7.97. The Bertz CT molecular complexity index is 779. The fraction of sp³-hybridized carbons (Fsp3) is 0.278. The molecule has 2 aromatic rings. The van der Waals surface area contributed by atoms with Gasteiger partial charge in [0.15, 0.2) is 11.5 Å². The topological polar surface area (TPSA) is 47.6 Å². The third-order valence-corrected chi connectivity index (χ3v) is 3.90. The van der Waals surface area contributed by atoms with Gasteiger partial charge in [-0.25, -0.2) is 4.39 Å². The molecule has 1 aliphatic heterocycles. The second-order valence-corrected chi connectivity index (χ2v) is 6.07. The molecule has 0 aliphatic carbocycles. The Balaban J connectivity index is 1.76. The van der Waals surface area contributed by atoms with Crippen LogP contribution < -0.4 is 14.8 Å². The maximum Gasteiger partial charge on any atom is 0.228 e. The normalized spacial score (nSPS) is 13.3. The van der Waals surface area contributed by atoms with Gasteiger partial charge in [-0.2, -0.15) is 0 Å². The van der Waals surface area contributed by atoms with Crippen molar-refractivity contribution in [1.82, 2.24) is 0 Å². The molecule has 0 aromatic heterocycles. The highest BCUT2D eigenvalue weighted by atomic mass is 35.5. The Morgan fingerprint density at radius 3 is 2.88 bits per heavy atom. The first-order valence-corrected chi connectivity index (χ1v) is 8.05. The number of rotatable bonds is 3. The molecule has 1 heterocycles. The van der Waals surface area contributed by atoms with E-state index in [2.05, 4.69) is 5.32 Å². The quantitative estimate of drug-likeness (QED) is 0.906. The number of fused-ring (bicyclic) bond motifs is 1. The van der Waals surface area contributed by atoms with Crippen LogP contribution in [0.5, 0.6) is 11.5 Å². The lowest BCUT2D eigenvalue weighted by Crippen LogP contribution is -2.15. The SMILES string of the molecule is Cc1ccc(F)c(NC(=O)Cc2cc(Cl)c3c(c2)OCCCO3)c1. The molecule has 1 amide bonds. The number of carbonyl (C=O) groups excluding carboxylic acids is 1. The number of carbonyl (C=O) groups is 1. The van der Waals surface area contributed by atoms with Crippen LogP contribution in [0.25, 0.3) is 0 Å². The minimum absolute atomic E-state index is 0.0593. The Hall–Kier alpha value is -2.27. The summed E-state index contributed by atoms with van der Waals surface area (Å²) in [5.41, 5.74) is 1.71. The van der Waals surface area contributed by atoms with Crippen molar-refractivity contribution in [2.45, 2.75) is 19.8 Å². The van der Waals surface area contributed by atoms with Crippen LogP contribution in [0.15, 0.2) is 30.3 Å².